The van der Waals surface area contributed by atoms with Crippen LogP contribution in [0.2, 0.25) is 10.2 Å². The molecule has 0 aliphatic heterocycles. The van der Waals surface area contributed by atoms with Crippen LogP contribution in [0.1, 0.15) is 10.4 Å². The molecule has 1 aromatic heterocycles. The van der Waals surface area contributed by atoms with Gasteiger partial charge in [0, 0.05) is 16.1 Å². The molecule has 0 unspecified atom stereocenters. The molecule has 0 aliphatic rings. The van der Waals surface area contributed by atoms with Crippen molar-refractivity contribution in [1.82, 2.24) is 4.57 Å². The maximum absolute atomic E-state index is 11.2. The molecule has 0 saturated carbocycles. The van der Waals surface area contributed by atoms with Crippen molar-refractivity contribution >= 4 is 40.4 Å². The van der Waals surface area contributed by atoms with E-state index >= 15 is 0 Å². The van der Waals surface area contributed by atoms with E-state index in [0.717, 1.165) is 22.9 Å². The van der Waals surface area contributed by atoms with Crippen LogP contribution in [0.3, 0.4) is 0 Å². The van der Waals surface area contributed by atoms with E-state index < -0.39 is 0 Å². The van der Waals surface area contributed by atoms with E-state index in [9.17, 15) is 4.79 Å². The SMILES string of the molecule is O=Cc1c(Cl)n(-c2ccc(Cl)cc2)c2ccccc12. The Kier molecular flexibility index (Phi) is 3.05. The van der Waals surface area contributed by atoms with Crippen LogP contribution in [0.25, 0.3) is 16.6 Å². The van der Waals surface area contributed by atoms with Gasteiger partial charge in [0.1, 0.15) is 5.15 Å². The number of aromatic nitrogens is 1. The predicted molar refractivity (Wildman–Crippen MR) is 78.7 cm³/mol. The molecular weight excluding hydrogens is 281 g/mol. The minimum absolute atomic E-state index is 0.415. The van der Waals surface area contributed by atoms with Crippen LogP contribution in [0, 0.1) is 0 Å². The van der Waals surface area contributed by atoms with E-state index in [-0.39, 0.29) is 0 Å². The zero-order valence-corrected chi connectivity index (χ0v) is 11.3. The summed E-state index contributed by atoms with van der Waals surface area (Å²) in [5.41, 5.74) is 2.28. The zero-order chi connectivity index (χ0) is 13.4. The molecule has 19 heavy (non-hydrogen) atoms. The van der Waals surface area contributed by atoms with Crippen molar-refractivity contribution in [3.63, 3.8) is 0 Å². The van der Waals surface area contributed by atoms with Crippen LogP contribution in [0.5, 0.6) is 0 Å². The smallest absolute Gasteiger partial charge is 0.153 e. The van der Waals surface area contributed by atoms with Gasteiger partial charge >= 0.3 is 0 Å². The summed E-state index contributed by atoms with van der Waals surface area (Å²) in [5, 5.41) is 1.92. The Morgan fingerprint density at radius 3 is 2.32 bits per heavy atom. The van der Waals surface area contributed by atoms with Gasteiger partial charge in [-0.15, -0.1) is 0 Å². The lowest BCUT2D eigenvalue weighted by Crippen LogP contribution is -1.93. The van der Waals surface area contributed by atoms with E-state index in [2.05, 4.69) is 0 Å². The molecule has 2 aromatic carbocycles. The lowest BCUT2D eigenvalue weighted by Gasteiger charge is -2.07. The second-order valence-electron chi connectivity index (χ2n) is 4.15. The topological polar surface area (TPSA) is 22.0 Å². The molecule has 3 aromatic rings. The molecule has 0 N–H and O–H groups in total. The van der Waals surface area contributed by atoms with E-state index in [1.54, 1.807) is 12.1 Å². The first kappa shape index (κ1) is 12.3. The van der Waals surface area contributed by atoms with Crippen LogP contribution >= 0.6 is 23.2 Å². The van der Waals surface area contributed by atoms with Crippen molar-refractivity contribution in [2.24, 2.45) is 0 Å². The largest absolute Gasteiger partial charge is 0.300 e. The Labute approximate surface area is 120 Å². The van der Waals surface area contributed by atoms with Gasteiger partial charge in [-0.25, -0.2) is 0 Å². The number of para-hydroxylation sites is 1. The molecule has 1 heterocycles. The monoisotopic (exact) mass is 289 g/mol. The standard InChI is InChI=1S/C15H9Cl2NO/c16-10-5-7-11(8-6-10)18-14-4-2-1-3-12(14)13(9-19)15(18)17/h1-9H. The van der Waals surface area contributed by atoms with Crippen LogP contribution in [-0.2, 0) is 0 Å². The Balaban J connectivity index is 2.37. The summed E-state index contributed by atoms with van der Waals surface area (Å²) < 4.78 is 1.84. The van der Waals surface area contributed by atoms with Gasteiger partial charge in [0.15, 0.2) is 6.29 Å². The fraction of sp³-hybridized carbons (Fsp3) is 0. The number of rotatable bonds is 2. The first-order chi connectivity index (χ1) is 9.22. The number of hydrogen-bond acceptors (Lipinski definition) is 1. The molecule has 0 bridgehead atoms. The van der Waals surface area contributed by atoms with Gasteiger partial charge in [0.25, 0.3) is 0 Å². The summed E-state index contributed by atoms with van der Waals surface area (Å²) in [6.45, 7) is 0. The molecule has 0 fully saturated rings. The molecule has 0 saturated heterocycles. The molecule has 0 aliphatic carbocycles. The molecule has 3 rings (SSSR count). The third-order valence-electron chi connectivity index (χ3n) is 3.06. The fourth-order valence-electron chi connectivity index (χ4n) is 2.19. The Bertz CT molecular complexity index is 760. The molecule has 0 amide bonds. The number of aldehydes is 1. The molecule has 2 nitrogen and oxygen atoms in total. The van der Waals surface area contributed by atoms with Crippen molar-refractivity contribution in [2.45, 2.75) is 0 Å². The number of nitrogens with zero attached hydrogens (tertiary/aromatic N) is 1. The van der Waals surface area contributed by atoms with Crippen molar-refractivity contribution in [1.29, 1.82) is 0 Å². The minimum atomic E-state index is 0.415. The van der Waals surface area contributed by atoms with Crippen LogP contribution < -0.4 is 0 Å². The number of fused-ring (bicyclic) bond motifs is 1. The quantitative estimate of drug-likeness (QED) is 0.624. The second kappa shape index (κ2) is 4.72. The lowest BCUT2D eigenvalue weighted by atomic mass is 10.2. The summed E-state index contributed by atoms with van der Waals surface area (Å²) in [7, 11) is 0. The van der Waals surface area contributed by atoms with Crippen LogP contribution in [0.4, 0.5) is 0 Å². The molecule has 4 heteroatoms. The lowest BCUT2D eigenvalue weighted by molar-refractivity contribution is 0.112. The average Bonchev–Trinajstić information content (AvgIpc) is 2.71. The summed E-state index contributed by atoms with van der Waals surface area (Å²) in [6.07, 6.45) is 0.789. The van der Waals surface area contributed by atoms with Crippen LogP contribution in [-0.4, -0.2) is 10.9 Å². The van der Waals surface area contributed by atoms with Crippen molar-refractivity contribution in [3.8, 4) is 5.69 Å². The third kappa shape index (κ3) is 1.93. The van der Waals surface area contributed by atoms with Gasteiger partial charge < -0.3 is 0 Å². The first-order valence-electron chi connectivity index (χ1n) is 5.72. The molecule has 0 radical (unpaired) electrons. The summed E-state index contributed by atoms with van der Waals surface area (Å²) >= 11 is 12.2. The van der Waals surface area contributed by atoms with Gasteiger partial charge in [0.05, 0.1) is 11.1 Å². The van der Waals surface area contributed by atoms with Gasteiger partial charge in [-0.2, -0.15) is 0 Å². The van der Waals surface area contributed by atoms with E-state index in [1.165, 1.54) is 0 Å². The summed E-state index contributed by atoms with van der Waals surface area (Å²) in [4.78, 5) is 11.2. The Morgan fingerprint density at radius 1 is 0.947 bits per heavy atom. The average molecular weight is 290 g/mol. The highest BCUT2D eigenvalue weighted by molar-refractivity contribution is 6.34. The predicted octanol–water partition coefficient (Wildman–Crippen LogP) is 4.75. The van der Waals surface area contributed by atoms with Gasteiger partial charge in [-0.05, 0) is 30.3 Å². The molecule has 0 atom stereocenters. The van der Waals surface area contributed by atoms with Crippen molar-refractivity contribution < 1.29 is 4.79 Å². The van der Waals surface area contributed by atoms with Crippen LogP contribution in [0.15, 0.2) is 48.5 Å². The van der Waals surface area contributed by atoms with E-state index in [4.69, 9.17) is 23.2 Å². The molecule has 94 valence electrons. The van der Waals surface area contributed by atoms with E-state index in [0.29, 0.717) is 15.7 Å². The normalized spacial score (nSPS) is 10.8. The summed E-state index contributed by atoms with van der Waals surface area (Å²) in [6, 6.07) is 15.0. The maximum atomic E-state index is 11.2. The maximum Gasteiger partial charge on any atom is 0.153 e. The van der Waals surface area contributed by atoms with Crippen molar-refractivity contribution in [3.05, 3.63) is 64.3 Å². The van der Waals surface area contributed by atoms with Gasteiger partial charge in [0.2, 0.25) is 0 Å². The number of carbonyl (C=O) groups is 1. The number of hydrogen-bond donors (Lipinski definition) is 0. The summed E-state index contributed by atoms with van der Waals surface area (Å²) in [5.74, 6) is 0. The zero-order valence-electron chi connectivity index (χ0n) is 9.81. The highest BCUT2D eigenvalue weighted by Crippen LogP contribution is 2.32. The molecular formula is C15H9Cl2NO. The highest BCUT2D eigenvalue weighted by Gasteiger charge is 2.15. The Hall–Kier alpha value is -1.77. The second-order valence-corrected chi connectivity index (χ2v) is 4.95. The highest BCUT2D eigenvalue weighted by atomic mass is 35.5. The minimum Gasteiger partial charge on any atom is -0.300 e. The van der Waals surface area contributed by atoms with Gasteiger partial charge in [-0.1, -0.05) is 41.4 Å². The molecule has 0 spiro atoms. The Morgan fingerprint density at radius 2 is 1.63 bits per heavy atom. The van der Waals surface area contributed by atoms with E-state index in [1.807, 2.05) is 41.0 Å². The number of halogens is 2. The fourth-order valence-corrected chi connectivity index (χ4v) is 2.65. The first-order valence-corrected chi connectivity index (χ1v) is 6.48. The van der Waals surface area contributed by atoms with Crippen molar-refractivity contribution in [2.75, 3.05) is 0 Å². The number of benzene rings is 2. The number of carbonyl (C=O) groups excluding carboxylic acids is 1. The third-order valence-corrected chi connectivity index (χ3v) is 3.68. The van der Waals surface area contributed by atoms with Gasteiger partial charge in [-0.3, -0.25) is 9.36 Å².